The Kier molecular flexibility index (Phi) is 5.87. The fourth-order valence-electron chi connectivity index (χ4n) is 3.41. The molecule has 1 saturated heterocycles. The molecule has 1 aliphatic rings. The highest BCUT2D eigenvalue weighted by molar-refractivity contribution is 5.82. The van der Waals surface area contributed by atoms with E-state index >= 15 is 0 Å². The number of fused-ring (bicyclic) bond motifs is 1. The topological polar surface area (TPSA) is 42.5 Å². The average molecular weight is 362 g/mol. The highest BCUT2D eigenvalue weighted by atomic mass is 16.5. The summed E-state index contributed by atoms with van der Waals surface area (Å²) in [4.78, 5) is 0. The van der Waals surface area contributed by atoms with Crippen LogP contribution in [0.15, 0.2) is 66.7 Å². The first-order valence-corrected chi connectivity index (χ1v) is 9.64. The van der Waals surface area contributed by atoms with Gasteiger partial charge in [0.1, 0.15) is 12.4 Å². The standard InChI is InChI=1S/C23H26N2O2/c1-2-5-21-14-19(8-9-20(21)4-1)17-27-23-7-3-6-22(15-23)25-24-16-18-10-12-26-13-11-18/h1-9,14-15,18,24-25H,10-13,16-17H2. The summed E-state index contributed by atoms with van der Waals surface area (Å²) < 4.78 is 11.4. The van der Waals surface area contributed by atoms with Crippen LogP contribution in [0.25, 0.3) is 10.8 Å². The number of anilines is 1. The summed E-state index contributed by atoms with van der Waals surface area (Å²) in [6.45, 7) is 3.27. The molecule has 0 spiro atoms. The minimum Gasteiger partial charge on any atom is -0.489 e. The van der Waals surface area contributed by atoms with Gasteiger partial charge in [-0.1, -0.05) is 42.5 Å². The van der Waals surface area contributed by atoms with Gasteiger partial charge in [-0.05, 0) is 53.3 Å². The van der Waals surface area contributed by atoms with Crippen molar-refractivity contribution in [1.29, 1.82) is 0 Å². The second kappa shape index (κ2) is 8.89. The molecule has 0 atom stereocenters. The summed E-state index contributed by atoms with van der Waals surface area (Å²) in [5.74, 6) is 1.54. The van der Waals surface area contributed by atoms with Gasteiger partial charge < -0.3 is 14.9 Å². The number of benzene rings is 3. The Hall–Kier alpha value is -2.56. The maximum Gasteiger partial charge on any atom is 0.121 e. The van der Waals surface area contributed by atoms with Gasteiger partial charge in [0.25, 0.3) is 0 Å². The number of nitrogens with one attached hydrogen (secondary N) is 2. The lowest BCUT2D eigenvalue weighted by atomic mass is 10.0. The van der Waals surface area contributed by atoms with Crippen LogP contribution >= 0.6 is 0 Å². The Morgan fingerprint density at radius 2 is 1.74 bits per heavy atom. The predicted octanol–water partition coefficient (Wildman–Crippen LogP) is 4.76. The van der Waals surface area contributed by atoms with Crippen molar-refractivity contribution >= 4 is 16.5 Å². The molecule has 4 rings (SSSR count). The molecule has 3 aromatic rings. The number of ether oxygens (including phenoxy) is 2. The minimum atomic E-state index is 0.559. The number of hydrogen-bond acceptors (Lipinski definition) is 4. The van der Waals surface area contributed by atoms with Crippen LogP contribution in [0.5, 0.6) is 5.75 Å². The molecule has 0 aliphatic carbocycles. The maximum atomic E-state index is 5.99. The Bertz CT molecular complexity index is 875. The fourth-order valence-corrected chi connectivity index (χ4v) is 3.41. The molecule has 1 fully saturated rings. The van der Waals surface area contributed by atoms with Crippen molar-refractivity contribution in [2.45, 2.75) is 19.4 Å². The summed E-state index contributed by atoms with van der Waals surface area (Å²) in [6.07, 6.45) is 2.26. The van der Waals surface area contributed by atoms with Crippen molar-refractivity contribution in [1.82, 2.24) is 5.43 Å². The molecule has 3 aromatic carbocycles. The summed E-state index contributed by atoms with van der Waals surface area (Å²) in [7, 11) is 0. The monoisotopic (exact) mass is 362 g/mol. The molecule has 4 nitrogen and oxygen atoms in total. The van der Waals surface area contributed by atoms with Crippen LogP contribution in [0.2, 0.25) is 0 Å². The molecule has 27 heavy (non-hydrogen) atoms. The lowest BCUT2D eigenvalue weighted by Crippen LogP contribution is -2.31. The van der Waals surface area contributed by atoms with Gasteiger partial charge >= 0.3 is 0 Å². The largest absolute Gasteiger partial charge is 0.489 e. The summed E-state index contributed by atoms with van der Waals surface area (Å²) >= 11 is 0. The van der Waals surface area contributed by atoms with Gasteiger partial charge in [0, 0.05) is 25.8 Å². The van der Waals surface area contributed by atoms with Crippen molar-refractivity contribution in [3.63, 3.8) is 0 Å². The summed E-state index contributed by atoms with van der Waals surface area (Å²) in [5.41, 5.74) is 8.80. The zero-order valence-corrected chi connectivity index (χ0v) is 15.5. The van der Waals surface area contributed by atoms with Crippen molar-refractivity contribution in [3.8, 4) is 5.75 Å². The third-order valence-electron chi connectivity index (χ3n) is 5.02. The van der Waals surface area contributed by atoms with Crippen LogP contribution in [0.4, 0.5) is 5.69 Å². The van der Waals surface area contributed by atoms with Crippen LogP contribution < -0.4 is 15.6 Å². The first kappa shape index (κ1) is 17.8. The smallest absolute Gasteiger partial charge is 0.121 e. The molecule has 4 heteroatoms. The van der Waals surface area contributed by atoms with E-state index in [9.17, 15) is 0 Å². The molecular formula is C23H26N2O2. The first-order valence-electron chi connectivity index (χ1n) is 9.64. The molecule has 1 aliphatic heterocycles. The quantitative estimate of drug-likeness (QED) is 0.595. The van der Waals surface area contributed by atoms with Gasteiger partial charge in [0.2, 0.25) is 0 Å². The Morgan fingerprint density at radius 1 is 0.889 bits per heavy atom. The number of hydrogen-bond donors (Lipinski definition) is 2. The predicted molar refractivity (Wildman–Crippen MR) is 110 cm³/mol. The van der Waals surface area contributed by atoms with Gasteiger partial charge in [-0.3, -0.25) is 0 Å². The molecule has 0 saturated carbocycles. The number of hydrazine groups is 1. The van der Waals surface area contributed by atoms with E-state index in [1.165, 1.54) is 16.3 Å². The second-order valence-corrected chi connectivity index (χ2v) is 7.06. The van der Waals surface area contributed by atoms with Crippen LogP contribution in [-0.4, -0.2) is 19.8 Å². The van der Waals surface area contributed by atoms with Crippen molar-refractivity contribution in [2.75, 3.05) is 25.2 Å². The van der Waals surface area contributed by atoms with Crippen molar-refractivity contribution in [2.24, 2.45) is 5.92 Å². The van der Waals surface area contributed by atoms with E-state index in [0.717, 1.165) is 44.0 Å². The zero-order valence-electron chi connectivity index (χ0n) is 15.5. The molecule has 140 valence electrons. The van der Waals surface area contributed by atoms with Crippen LogP contribution in [0.3, 0.4) is 0 Å². The van der Waals surface area contributed by atoms with E-state index < -0.39 is 0 Å². The Balaban J connectivity index is 1.30. The van der Waals surface area contributed by atoms with Crippen molar-refractivity contribution < 1.29 is 9.47 Å². The van der Waals surface area contributed by atoms with E-state index in [4.69, 9.17) is 9.47 Å². The highest BCUT2D eigenvalue weighted by Crippen LogP contribution is 2.20. The lowest BCUT2D eigenvalue weighted by Gasteiger charge is -2.22. The molecule has 0 amide bonds. The molecular weight excluding hydrogens is 336 g/mol. The summed E-state index contributed by atoms with van der Waals surface area (Å²) in [5, 5.41) is 2.49. The van der Waals surface area contributed by atoms with E-state index in [0.29, 0.717) is 12.5 Å². The molecule has 0 radical (unpaired) electrons. The molecule has 0 aromatic heterocycles. The zero-order chi connectivity index (χ0) is 18.3. The van der Waals surface area contributed by atoms with Crippen LogP contribution in [0, 0.1) is 5.92 Å². The molecule has 1 heterocycles. The third-order valence-corrected chi connectivity index (χ3v) is 5.02. The van der Waals surface area contributed by atoms with E-state index in [1.807, 2.05) is 24.3 Å². The Morgan fingerprint density at radius 3 is 2.63 bits per heavy atom. The molecule has 2 N–H and O–H groups in total. The lowest BCUT2D eigenvalue weighted by molar-refractivity contribution is 0.0668. The maximum absolute atomic E-state index is 5.99. The van der Waals surface area contributed by atoms with Crippen molar-refractivity contribution in [3.05, 3.63) is 72.3 Å². The Labute approximate surface area is 160 Å². The van der Waals surface area contributed by atoms with Gasteiger partial charge in [-0.15, -0.1) is 0 Å². The van der Waals surface area contributed by atoms with E-state index in [2.05, 4.69) is 53.3 Å². The first-order chi connectivity index (χ1) is 13.4. The third kappa shape index (κ3) is 5.00. The van der Waals surface area contributed by atoms with Gasteiger partial charge in [0.15, 0.2) is 0 Å². The van der Waals surface area contributed by atoms with E-state index in [-0.39, 0.29) is 0 Å². The molecule has 0 bridgehead atoms. The van der Waals surface area contributed by atoms with E-state index in [1.54, 1.807) is 0 Å². The number of rotatable bonds is 7. The van der Waals surface area contributed by atoms with Gasteiger partial charge in [-0.25, -0.2) is 5.43 Å². The SMILES string of the molecule is c1cc(NNCC2CCOCC2)cc(OCc2ccc3ccccc3c2)c1. The van der Waals surface area contributed by atoms with Crippen LogP contribution in [-0.2, 0) is 11.3 Å². The van der Waals surface area contributed by atoms with Crippen LogP contribution in [0.1, 0.15) is 18.4 Å². The summed E-state index contributed by atoms with van der Waals surface area (Å²) in [6, 6.07) is 22.9. The normalized spacial score (nSPS) is 15.0. The molecule has 0 unspecified atom stereocenters. The van der Waals surface area contributed by atoms with Gasteiger partial charge in [-0.2, -0.15) is 0 Å². The second-order valence-electron chi connectivity index (χ2n) is 7.06. The highest BCUT2D eigenvalue weighted by Gasteiger charge is 2.12. The fraction of sp³-hybridized carbons (Fsp3) is 0.304. The van der Waals surface area contributed by atoms with Gasteiger partial charge in [0.05, 0.1) is 5.69 Å². The average Bonchev–Trinajstić information content (AvgIpc) is 2.73. The minimum absolute atomic E-state index is 0.559.